The van der Waals surface area contributed by atoms with E-state index in [1.54, 1.807) is 0 Å². The van der Waals surface area contributed by atoms with E-state index in [0.717, 1.165) is 6.42 Å². The lowest BCUT2D eigenvalue weighted by molar-refractivity contribution is -0.177. The van der Waals surface area contributed by atoms with Gasteiger partial charge < -0.3 is 20.9 Å². The third-order valence-electron chi connectivity index (χ3n) is 5.14. The second-order valence-corrected chi connectivity index (χ2v) is 7.27. The number of hydrogen-bond acceptors (Lipinski definition) is 4. The van der Waals surface area contributed by atoms with Crippen molar-refractivity contribution in [2.75, 3.05) is 6.61 Å². The van der Waals surface area contributed by atoms with Gasteiger partial charge >= 0.3 is 5.97 Å². The predicted molar refractivity (Wildman–Crippen MR) is 77.6 cm³/mol. The first-order valence-electron chi connectivity index (χ1n) is 7.56. The van der Waals surface area contributed by atoms with E-state index < -0.39 is 23.0 Å². The molecule has 0 radical (unpaired) electrons. The van der Waals surface area contributed by atoms with Crippen molar-refractivity contribution in [3.63, 3.8) is 0 Å². The Morgan fingerprint density at radius 3 is 2.57 bits per heavy atom. The third-order valence-corrected chi connectivity index (χ3v) is 5.14. The van der Waals surface area contributed by atoms with E-state index >= 15 is 0 Å². The molecule has 3 unspecified atom stereocenters. The Hall–Kier alpha value is -1.14. The Morgan fingerprint density at radius 2 is 2.05 bits per heavy atom. The van der Waals surface area contributed by atoms with Crippen molar-refractivity contribution in [1.82, 2.24) is 5.32 Å². The smallest absolute Gasteiger partial charge is 0.326 e. The van der Waals surface area contributed by atoms with Gasteiger partial charge in [-0.1, -0.05) is 27.7 Å². The number of aliphatic carboxylic acids is 1. The fraction of sp³-hybridized carbons (Fsp3) is 0.867. The van der Waals surface area contributed by atoms with E-state index in [-0.39, 0.29) is 23.8 Å². The molecule has 1 aliphatic carbocycles. The molecule has 0 spiro atoms. The van der Waals surface area contributed by atoms with Crippen molar-refractivity contribution in [3.8, 4) is 0 Å². The zero-order valence-electron chi connectivity index (χ0n) is 13.2. The lowest BCUT2D eigenvalue weighted by Crippen LogP contribution is -2.80. The lowest BCUT2D eigenvalue weighted by atomic mass is 9.48. The lowest BCUT2D eigenvalue weighted by Gasteiger charge is -2.60. The van der Waals surface area contributed by atoms with Gasteiger partial charge in [0.05, 0.1) is 6.10 Å². The maximum atomic E-state index is 12.6. The number of ether oxygens (including phenoxy) is 1. The van der Waals surface area contributed by atoms with Gasteiger partial charge in [0.15, 0.2) is 0 Å². The molecule has 2 aliphatic rings. The van der Waals surface area contributed by atoms with Crippen LogP contribution in [0.4, 0.5) is 0 Å². The van der Waals surface area contributed by atoms with Gasteiger partial charge in [-0.05, 0) is 18.8 Å². The van der Waals surface area contributed by atoms with Gasteiger partial charge in [-0.2, -0.15) is 0 Å². The normalized spacial score (nSPS) is 35.0. The molecule has 1 heterocycles. The summed E-state index contributed by atoms with van der Waals surface area (Å²) in [6, 6.07) is -0.893. The van der Waals surface area contributed by atoms with Crippen LogP contribution in [0.5, 0.6) is 0 Å². The molecular formula is C15H26N2O4. The summed E-state index contributed by atoms with van der Waals surface area (Å²) < 4.78 is 5.65. The highest BCUT2D eigenvalue weighted by Gasteiger charge is 2.71. The first-order chi connectivity index (χ1) is 9.62. The molecule has 21 heavy (non-hydrogen) atoms. The minimum atomic E-state index is -1.06. The first kappa shape index (κ1) is 16.2. The molecule has 2 rings (SSSR count). The average Bonchev–Trinajstić information content (AvgIpc) is 2.84. The van der Waals surface area contributed by atoms with Gasteiger partial charge in [0.25, 0.3) is 0 Å². The molecule has 1 saturated heterocycles. The highest BCUT2D eigenvalue weighted by atomic mass is 16.5. The zero-order valence-corrected chi connectivity index (χ0v) is 13.2. The van der Waals surface area contributed by atoms with Gasteiger partial charge in [0, 0.05) is 17.9 Å². The number of carboxylic acids is 1. The monoisotopic (exact) mass is 298 g/mol. The second-order valence-electron chi connectivity index (χ2n) is 7.27. The number of carbonyl (C=O) groups excluding carboxylic acids is 1. The fourth-order valence-electron chi connectivity index (χ4n) is 3.82. The van der Waals surface area contributed by atoms with Crippen LogP contribution in [0.1, 0.15) is 40.5 Å². The van der Waals surface area contributed by atoms with Crippen LogP contribution in [0.2, 0.25) is 0 Å². The van der Waals surface area contributed by atoms with Crippen LogP contribution in [0.15, 0.2) is 0 Å². The topological polar surface area (TPSA) is 102 Å². The summed E-state index contributed by atoms with van der Waals surface area (Å²) in [5.41, 5.74) is 4.86. The average molecular weight is 298 g/mol. The number of nitrogens with one attached hydrogen (secondary N) is 1. The number of fused-ring (bicyclic) bond motifs is 1. The summed E-state index contributed by atoms with van der Waals surface area (Å²) in [7, 11) is 0. The summed E-state index contributed by atoms with van der Waals surface area (Å²) in [4.78, 5) is 24.0. The molecule has 0 aromatic heterocycles. The number of amides is 1. The Morgan fingerprint density at radius 1 is 1.43 bits per heavy atom. The molecule has 6 nitrogen and oxygen atoms in total. The van der Waals surface area contributed by atoms with E-state index in [4.69, 9.17) is 10.5 Å². The minimum Gasteiger partial charge on any atom is -0.480 e. The summed E-state index contributed by atoms with van der Waals surface area (Å²) in [6.45, 7) is 8.29. The number of nitrogens with two attached hydrogens (primary N) is 1. The molecule has 6 heteroatoms. The summed E-state index contributed by atoms with van der Waals surface area (Å²) in [5.74, 6) is -1.23. The van der Waals surface area contributed by atoms with Crippen LogP contribution in [0, 0.1) is 17.3 Å². The van der Waals surface area contributed by atoms with Crippen LogP contribution in [0.25, 0.3) is 0 Å². The largest absolute Gasteiger partial charge is 0.480 e. The van der Waals surface area contributed by atoms with Crippen LogP contribution >= 0.6 is 0 Å². The quantitative estimate of drug-likeness (QED) is 0.695. The minimum absolute atomic E-state index is 0.0124. The van der Waals surface area contributed by atoms with Crippen LogP contribution in [-0.4, -0.2) is 41.3 Å². The van der Waals surface area contributed by atoms with Crippen LogP contribution in [-0.2, 0) is 14.3 Å². The fourth-order valence-corrected chi connectivity index (χ4v) is 3.82. The van der Waals surface area contributed by atoms with Gasteiger partial charge in [-0.3, -0.25) is 4.79 Å². The summed E-state index contributed by atoms with van der Waals surface area (Å²) >= 11 is 0. The standard InChI is InChI=1S/C15H26N2O4/c1-8(2)7-10(12(18)19)17-13(20)15(16)9-5-6-21-11(9)14(15,3)4/h8-11H,5-7,16H2,1-4H3,(H,17,20)(H,18,19)/t9?,10-,11?,15?/m1/s1. The van der Waals surface area contributed by atoms with Crippen molar-refractivity contribution in [1.29, 1.82) is 0 Å². The van der Waals surface area contributed by atoms with E-state index in [0.29, 0.717) is 13.0 Å². The highest BCUT2D eigenvalue weighted by molar-refractivity contribution is 5.92. The Kier molecular flexibility index (Phi) is 4.06. The zero-order chi connectivity index (χ0) is 16.0. The third kappa shape index (κ3) is 2.34. The number of hydrogen-bond donors (Lipinski definition) is 3. The maximum Gasteiger partial charge on any atom is 0.326 e. The van der Waals surface area contributed by atoms with E-state index in [2.05, 4.69) is 5.32 Å². The van der Waals surface area contributed by atoms with Crippen LogP contribution in [0.3, 0.4) is 0 Å². The summed E-state index contributed by atoms with van der Waals surface area (Å²) in [6.07, 6.45) is 1.13. The molecule has 1 aliphatic heterocycles. The Labute approximate surface area is 125 Å². The van der Waals surface area contributed by atoms with Crippen LogP contribution < -0.4 is 11.1 Å². The van der Waals surface area contributed by atoms with Gasteiger partial charge in [0.1, 0.15) is 11.6 Å². The van der Waals surface area contributed by atoms with Gasteiger partial charge in [0.2, 0.25) is 5.91 Å². The van der Waals surface area contributed by atoms with E-state index in [1.807, 2.05) is 27.7 Å². The predicted octanol–water partition coefficient (Wildman–Crippen LogP) is 0.744. The van der Waals surface area contributed by atoms with Crippen molar-refractivity contribution < 1.29 is 19.4 Å². The second kappa shape index (κ2) is 5.25. The molecule has 1 saturated carbocycles. The number of carboxylic acid groups (broad SMARTS) is 1. The van der Waals surface area contributed by atoms with Crippen molar-refractivity contribution in [3.05, 3.63) is 0 Å². The molecule has 1 amide bonds. The maximum absolute atomic E-state index is 12.6. The van der Waals surface area contributed by atoms with Crippen molar-refractivity contribution in [2.24, 2.45) is 23.0 Å². The molecule has 4 atom stereocenters. The highest BCUT2D eigenvalue weighted by Crippen LogP contribution is 2.58. The van der Waals surface area contributed by atoms with Gasteiger partial charge in [-0.25, -0.2) is 4.79 Å². The number of rotatable bonds is 5. The first-order valence-corrected chi connectivity index (χ1v) is 7.56. The SMILES string of the molecule is CC(C)C[C@@H](NC(=O)C1(N)C2CCOC2C1(C)C)C(=O)O. The Bertz CT molecular complexity index is 449. The molecule has 0 bridgehead atoms. The molecule has 120 valence electrons. The summed E-state index contributed by atoms with van der Waals surface area (Å²) in [5, 5.41) is 11.9. The molecular weight excluding hydrogens is 272 g/mol. The molecule has 2 fully saturated rings. The van der Waals surface area contributed by atoms with E-state index in [9.17, 15) is 14.7 Å². The van der Waals surface area contributed by atoms with E-state index in [1.165, 1.54) is 0 Å². The number of carbonyl (C=O) groups is 2. The molecule has 0 aromatic carbocycles. The molecule has 0 aromatic rings. The van der Waals surface area contributed by atoms with Gasteiger partial charge in [-0.15, -0.1) is 0 Å². The van der Waals surface area contributed by atoms with Crippen molar-refractivity contribution >= 4 is 11.9 Å². The Balaban J connectivity index is 2.13. The van der Waals surface area contributed by atoms with Crippen molar-refractivity contribution in [2.45, 2.75) is 58.2 Å². The molecule has 4 N–H and O–H groups in total.